The van der Waals surface area contributed by atoms with Gasteiger partial charge in [0.05, 0.1) is 23.0 Å². The third kappa shape index (κ3) is 3.96. The van der Waals surface area contributed by atoms with Crippen molar-refractivity contribution in [1.29, 1.82) is 0 Å². The zero-order chi connectivity index (χ0) is 22.9. The highest BCUT2D eigenvalue weighted by Crippen LogP contribution is 2.44. The lowest BCUT2D eigenvalue weighted by atomic mass is 9.88. The Morgan fingerprint density at radius 1 is 0.939 bits per heavy atom. The van der Waals surface area contributed by atoms with Crippen LogP contribution in [0.15, 0.2) is 88.1 Å². The summed E-state index contributed by atoms with van der Waals surface area (Å²) in [6, 6.07) is 23.7. The Kier molecular flexibility index (Phi) is 5.34. The molecule has 1 aliphatic heterocycles. The molecule has 2 atom stereocenters. The van der Waals surface area contributed by atoms with Crippen LogP contribution in [0.1, 0.15) is 30.9 Å². The van der Waals surface area contributed by atoms with Gasteiger partial charge in [-0.3, -0.25) is 4.79 Å². The van der Waals surface area contributed by atoms with E-state index in [2.05, 4.69) is 5.32 Å². The predicted octanol–water partition coefficient (Wildman–Crippen LogP) is 5.11. The highest BCUT2D eigenvalue weighted by atomic mass is 16.5. The molecule has 166 valence electrons. The van der Waals surface area contributed by atoms with Crippen molar-refractivity contribution in [2.24, 2.45) is 0 Å². The molecule has 6 nitrogen and oxygen atoms in total. The number of hydrogen-bond acceptors (Lipinski definition) is 5. The standard InChI is InChI=1S/C27H23NO5/c1-16(2)31-19-14-12-17(13-15-19)22-23-24(20-10-6-7-11-21(20)32-27(23)30)33-25(22)26(29)28-18-8-4-3-5-9-18/h3-16,22,25H,1-2H3,(H,28,29)/t22-,25+/m1/s1. The van der Waals surface area contributed by atoms with Crippen LogP contribution in [0, 0.1) is 0 Å². The molecule has 3 aromatic carbocycles. The molecular weight excluding hydrogens is 418 g/mol. The summed E-state index contributed by atoms with van der Waals surface area (Å²) in [6.45, 7) is 3.91. The molecular formula is C27H23NO5. The number of nitrogens with one attached hydrogen (secondary N) is 1. The van der Waals surface area contributed by atoms with Gasteiger partial charge in [-0.25, -0.2) is 4.79 Å². The van der Waals surface area contributed by atoms with Crippen molar-refractivity contribution in [3.8, 4) is 11.5 Å². The highest BCUT2D eigenvalue weighted by molar-refractivity contribution is 5.97. The molecule has 0 radical (unpaired) electrons. The summed E-state index contributed by atoms with van der Waals surface area (Å²) < 4.78 is 17.5. The van der Waals surface area contributed by atoms with Crippen LogP contribution in [0.4, 0.5) is 5.69 Å². The lowest BCUT2D eigenvalue weighted by Crippen LogP contribution is -2.35. The molecule has 0 aliphatic carbocycles. The molecule has 0 spiro atoms. The van der Waals surface area contributed by atoms with Crippen molar-refractivity contribution in [2.75, 3.05) is 5.32 Å². The fraction of sp³-hybridized carbons (Fsp3) is 0.185. The summed E-state index contributed by atoms with van der Waals surface area (Å²) in [4.78, 5) is 26.4. The summed E-state index contributed by atoms with van der Waals surface area (Å²) in [5.74, 6) is 0.136. The van der Waals surface area contributed by atoms with E-state index >= 15 is 0 Å². The number of carbonyl (C=O) groups is 1. The average molecular weight is 441 g/mol. The number of ether oxygens (including phenoxy) is 2. The molecule has 2 heterocycles. The van der Waals surface area contributed by atoms with E-state index in [1.165, 1.54) is 0 Å². The van der Waals surface area contributed by atoms with E-state index in [0.717, 1.165) is 5.56 Å². The van der Waals surface area contributed by atoms with Crippen molar-refractivity contribution in [3.63, 3.8) is 0 Å². The predicted molar refractivity (Wildman–Crippen MR) is 126 cm³/mol. The van der Waals surface area contributed by atoms with Crippen LogP contribution in [0.5, 0.6) is 11.5 Å². The Morgan fingerprint density at radius 2 is 1.64 bits per heavy atom. The van der Waals surface area contributed by atoms with Crippen LogP contribution in [-0.4, -0.2) is 18.1 Å². The number of amides is 1. The molecule has 0 saturated heterocycles. The number of anilines is 1. The molecule has 0 saturated carbocycles. The van der Waals surface area contributed by atoms with Crippen LogP contribution in [0.25, 0.3) is 11.0 Å². The van der Waals surface area contributed by atoms with E-state index in [4.69, 9.17) is 13.9 Å². The first-order valence-corrected chi connectivity index (χ1v) is 10.9. The van der Waals surface area contributed by atoms with Crippen molar-refractivity contribution in [2.45, 2.75) is 32.0 Å². The Labute approximate surface area is 190 Å². The van der Waals surface area contributed by atoms with Gasteiger partial charge < -0.3 is 19.2 Å². The smallest absolute Gasteiger partial charge is 0.344 e. The van der Waals surface area contributed by atoms with E-state index in [-0.39, 0.29) is 12.0 Å². The van der Waals surface area contributed by atoms with Gasteiger partial charge in [-0.15, -0.1) is 0 Å². The molecule has 1 aliphatic rings. The van der Waals surface area contributed by atoms with Gasteiger partial charge in [-0.2, -0.15) is 0 Å². The first-order valence-electron chi connectivity index (χ1n) is 10.9. The summed E-state index contributed by atoms with van der Waals surface area (Å²) in [5.41, 5.74) is 1.68. The van der Waals surface area contributed by atoms with E-state index in [1.54, 1.807) is 24.3 Å². The van der Waals surface area contributed by atoms with E-state index in [1.807, 2.05) is 68.4 Å². The Morgan fingerprint density at radius 3 is 2.36 bits per heavy atom. The summed E-state index contributed by atoms with van der Waals surface area (Å²) >= 11 is 0. The number of fused-ring (bicyclic) bond motifs is 3. The maximum atomic E-state index is 13.3. The third-order valence-electron chi connectivity index (χ3n) is 5.57. The molecule has 0 unspecified atom stereocenters. The SMILES string of the molecule is CC(C)Oc1ccc([C@@H]2c3c(c4ccccc4oc3=O)O[C@@H]2C(=O)Nc2ccccc2)cc1. The maximum absolute atomic E-state index is 13.3. The van der Waals surface area contributed by atoms with Crippen molar-refractivity contribution in [3.05, 3.63) is 100 Å². The normalized spacial score (nSPS) is 16.9. The first kappa shape index (κ1) is 20.8. The number of carbonyl (C=O) groups excluding carboxylic acids is 1. The van der Waals surface area contributed by atoms with Crippen LogP contribution in [0.3, 0.4) is 0 Å². The van der Waals surface area contributed by atoms with Crippen molar-refractivity contribution < 1.29 is 18.7 Å². The van der Waals surface area contributed by atoms with Gasteiger partial charge >= 0.3 is 5.63 Å². The number of hydrogen-bond donors (Lipinski definition) is 1. The van der Waals surface area contributed by atoms with Crippen LogP contribution >= 0.6 is 0 Å². The molecule has 1 N–H and O–H groups in total. The largest absolute Gasteiger partial charge is 0.491 e. The summed E-state index contributed by atoms with van der Waals surface area (Å²) in [7, 11) is 0. The van der Waals surface area contributed by atoms with Gasteiger partial charge in [-0.1, -0.05) is 42.5 Å². The zero-order valence-electron chi connectivity index (χ0n) is 18.3. The van der Waals surface area contributed by atoms with Gasteiger partial charge in [0.25, 0.3) is 5.91 Å². The summed E-state index contributed by atoms with van der Waals surface area (Å²) in [6.07, 6.45) is -0.903. The Balaban J connectivity index is 1.60. The van der Waals surface area contributed by atoms with Gasteiger partial charge in [0.2, 0.25) is 0 Å². The lowest BCUT2D eigenvalue weighted by Gasteiger charge is -2.19. The fourth-order valence-corrected chi connectivity index (χ4v) is 4.18. The monoisotopic (exact) mass is 441 g/mol. The molecule has 33 heavy (non-hydrogen) atoms. The minimum atomic E-state index is -0.939. The summed E-state index contributed by atoms with van der Waals surface area (Å²) in [5, 5.41) is 3.56. The number of para-hydroxylation sites is 2. The van der Waals surface area contributed by atoms with E-state index < -0.39 is 17.6 Å². The van der Waals surface area contributed by atoms with Gasteiger partial charge in [0, 0.05) is 5.69 Å². The third-order valence-corrected chi connectivity index (χ3v) is 5.57. The molecule has 1 aromatic heterocycles. The van der Waals surface area contributed by atoms with E-state index in [0.29, 0.717) is 33.7 Å². The second-order valence-corrected chi connectivity index (χ2v) is 8.24. The lowest BCUT2D eigenvalue weighted by molar-refractivity contribution is -0.122. The number of rotatable bonds is 5. The molecule has 0 fully saturated rings. The van der Waals surface area contributed by atoms with Crippen LogP contribution in [-0.2, 0) is 4.79 Å². The molecule has 6 heteroatoms. The van der Waals surface area contributed by atoms with Crippen LogP contribution < -0.4 is 20.4 Å². The van der Waals surface area contributed by atoms with Gasteiger partial charge in [0.1, 0.15) is 17.1 Å². The molecule has 0 bridgehead atoms. The van der Waals surface area contributed by atoms with Crippen LogP contribution in [0.2, 0.25) is 0 Å². The second-order valence-electron chi connectivity index (χ2n) is 8.24. The fourth-order valence-electron chi connectivity index (χ4n) is 4.18. The molecule has 5 rings (SSSR count). The zero-order valence-corrected chi connectivity index (χ0v) is 18.3. The Bertz CT molecular complexity index is 1360. The topological polar surface area (TPSA) is 77.8 Å². The first-order chi connectivity index (χ1) is 16.0. The van der Waals surface area contributed by atoms with E-state index in [9.17, 15) is 9.59 Å². The minimum absolute atomic E-state index is 0.0363. The highest BCUT2D eigenvalue weighted by Gasteiger charge is 2.44. The quantitative estimate of drug-likeness (QED) is 0.436. The minimum Gasteiger partial charge on any atom is -0.491 e. The molecule has 4 aromatic rings. The van der Waals surface area contributed by atoms with Crippen molar-refractivity contribution in [1.82, 2.24) is 0 Å². The van der Waals surface area contributed by atoms with Gasteiger partial charge in [0.15, 0.2) is 6.10 Å². The Hall–Kier alpha value is -4.06. The maximum Gasteiger partial charge on any atom is 0.344 e. The average Bonchev–Trinajstić information content (AvgIpc) is 3.22. The van der Waals surface area contributed by atoms with Crippen molar-refractivity contribution >= 4 is 22.6 Å². The second kappa shape index (κ2) is 8.47. The molecule has 1 amide bonds. The van der Waals surface area contributed by atoms with Gasteiger partial charge in [-0.05, 0) is 55.8 Å². The number of benzene rings is 3.